The second-order valence-corrected chi connectivity index (χ2v) is 4.53. The maximum Gasteiger partial charge on any atom is 0.311 e. The van der Waals surface area contributed by atoms with Gasteiger partial charge in [-0.25, -0.2) is 0 Å². The summed E-state index contributed by atoms with van der Waals surface area (Å²) in [6.07, 6.45) is 0.769. The fraction of sp³-hybridized carbons (Fsp3) is 0.562. The molecule has 0 radical (unpaired) electrons. The summed E-state index contributed by atoms with van der Waals surface area (Å²) in [5.74, 6) is 0.620. The fourth-order valence-electron chi connectivity index (χ4n) is 1.15. The first-order chi connectivity index (χ1) is 9.06. The van der Waals surface area contributed by atoms with Crippen molar-refractivity contribution >= 4 is 5.97 Å². The van der Waals surface area contributed by atoms with Gasteiger partial charge < -0.3 is 9.47 Å². The first-order valence-corrected chi connectivity index (χ1v) is 6.91. The summed E-state index contributed by atoms with van der Waals surface area (Å²) in [7, 11) is 0. The molecule has 0 atom stereocenters. The minimum Gasteiger partial charge on any atom is -0.490 e. The average Bonchev–Trinajstić information content (AvgIpc) is 2.46. The van der Waals surface area contributed by atoms with E-state index < -0.39 is 5.41 Å². The molecular formula is C16H26O3. The van der Waals surface area contributed by atoms with Crippen LogP contribution in [0.2, 0.25) is 0 Å². The van der Waals surface area contributed by atoms with E-state index >= 15 is 0 Å². The van der Waals surface area contributed by atoms with Crippen LogP contribution in [0.3, 0.4) is 0 Å². The van der Waals surface area contributed by atoms with Crippen molar-refractivity contribution in [1.29, 1.82) is 0 Å². The molecule has 19 heavy (non-hydrogen) atoms. The van der Waals surface area contributed by atoms with Crippen LogP contribution in [0.4, 0.5) is 0 Å². The number of rotatable bonds is 6. The van der Waals surface area contributed by atoms with Gasteiger partial charge in [-0.05, 0) is 32.4 Å². The van der Waals surface area contributed by atoms with Crippen molar-refractivity contribution in [3.63, 3.8) is 0 Å². The summed E-state index contributed by atoms with van der Waals surface area (Å²) in [6, 6.07) is 9.48. The molecule has 0 aliphatic heterocycles. The Balaban J connectivity index is 0.00000154. The van der Waals surface area contributed by atoms with Crippen LogP contribution in [-0.2, 0) is 9.53 Å². The summed E-state index contributed by atoms with van der Waals surface area (Å²) in [5.41, 5.74) is -0.410. The van der Waals surface area contributed by atoms with Gasteiger partial charge in [0, 0.05) is 0 Å². The molecule has 0 unspecified atom stereocenters. The number of esters is 1. The van der Waals surface area contributed by atoms with Gasteiger partial charge in [-0.2, -0.15) is 0 Å². The predicted octanol–water partition coefficient (Wildman–Crippen LogP) is 4.07. The Morgan fingerprint density at radius 1 is 1.11 bits per heavy atom. The quantitative estimate of drug-likeness (QED) is 0.575. The van der Waals surface area contributed by atoms with E-state index in [0.717, 1.165) is 12.2 Å². The Hall–Kier alpha value is -1.51. The van der Waals surface area contributed by atoms with Crippen LogP contribution in [0.1, 0.15) is 41.0 Å². The van der Waals surface area contributed by atoms with Gasteiger partial charge in [-0.15, -0.1) is 0 Å². The van der Waals surface area contributed by atoms with E-state index in [1.165, 1.54) is 0 Å². The van der Waals surface area contributed by atoms with Gasteiger partial charge in [0.1, 0.15) is 19.0 Å². The molecule has 108 valence electrons. The van der Waals surface area contributed by atoms with Crippen LogP contribution in [0.25, 0.3) is 0 Å². The maximum absolute atomic E-state index is 11.6. The summed E-state index contributed by atoms with van der Waals surface area (Å²) in [4.78, 5) is 11.6. The van der Waals surface area contributed by atoms with E-state index in [0.29, 0.717) is 6.61 Å². The molecular weight excluding hydrogens is 240 g/mol. The lowest BCUT2D eigenvalue weighted by Gasteiger charge is -2.20. The van der Waals surface area contributed by atoms with Gasteiger partial charge in [-0.1, -0.05) is 39.0 Å². The van der Waals surface area contributed by atoms with Gasteiger partial charge in [0.2, 0.25) is 0 Å². The maximum atomic E-state index is 11.6. The largest absolute Gasteiger partial charge is 0.490 e. The van der Waals surface area contributed by atoms with Crippen molar-refractivity contribution in [3.8, 4) is 5.75 Å². The van der Waals surface area contributed by atoms with E-state index in [2.05, 4.69) is 0 Å². The Labute approximate surface area is 116 Å². The van der Waals surface area contributed by atoms with Crippen LogP contribution in [0.15, 0.2) is 30.3 Å². The molecule has 1 aromatic rings. The van der Waals surface area contributed by atoms with Gasteiger partial charge in [-0.3, -0.25) is 4.79 Å². The van der Waals surface area contributed by atoms with E-state index in [1.807, 2.05) is 65.0 Å². The zero-order valence-electron chi connectivity index (χ0n) is 12.7. The van der Waals surface area contributed by atoms with Crippen molar-refractivity contribution in [1.82, 2.24) is 0 Å². The van der Waals surface area contributed by atoms with Crippen molar-refractivity contribution in [2.45, 2.75) is 41.0 Å². The first-order valence-electron chi connectivity index (χ1n) is 6.91. The molecule has 3 nitrogen and oxygen atoms in total. The molecule has 0 saturated heterocycles. The van der Waals surface area contributed by atoms with E-state index in [1.54, 1.807) is 0 Å². The van der Waals surface area contributed by atoms with Gasteiger partial charge in [0.25, 0.3) is 0 Å². The Kier molecular flexibility index (Phi) is 8.68. The van der Waals surface area contributed by atoms with Crippen molar-refractivity contribution in [3.05, 3.63) is 30.3 Å². The molecule has 0 fully saturated rings. The van der Waals surface area contributed by atoms with Crippen LogP contribution < -0.4 is 4.74 Å². The molecule has 1 rings (SSSR count). The summed E-state index contributed by atoms with van der Waals surface area (Å²) < 4.78 is 10.6. The molecule has 3 heteroatoms. The number of hydrogen-bond donors (Lipinski definition) is 0. The van der Waals surface area contributed by atoms with E-state index in [4.69, 9.17) is 9.47 Å². The fourth-order valence-corrected chi connectivity index (χ4v) is 1.15. The second-order valence-electron chi connectivity index (χ2n) is 4.53. The Morgan fingerprint density at radius 2 is 1.68 bits per heavy atom. The molecule has 0 heterocycles. The van der Waals surface area contributed by atoms with Crippen molar-refractivity contribution < 1.29 is 14.3 Å². The average molecular weight is 266 g/mol. The first kappa shape index (κ1) is 17.5. The van der Waals surface area contributed by atoms with Crippen molar-refractivity contribution in [2.75, 3.05) is 13.2 Å². The number of hydrogen-bond acceptors (Lipinski definition) is 3. The third-order valence-electron chi connectivity index (χ3n) is 2.76. The Morgan fingerprint density at radius 3 is 2.21 bits per heavy atom. The number of benzene rings is 1. The van der Waals surface area contributed by atoms with Crippen molar-refractivity contribution in [2.24, 2.45) is 5.41 Å². The lowest BCUT2D eigenvalue weighted by molar-refractivity contribution is -0.154. The zero-order valence-corrected chi connectivity index (χ0v) is 12.7. The number of para-hydroxylation sites is 1. The molecule has 0 spiro atoms. The highest BCUT2D eigenvalue weighted by molar-refractivity contribution is 5.75. The second kappa shape index (κ2) is 9.42. The summed E-state index contributed by atoms with van der Waals surface area (Å²) >= 11 is 0. The summed E-state index contributed by atoms with van der Waals surface area (Å²) in [6.45, 7) is 10.4. The normalized spacial score (nSPS) is 10.2. The van der Waals surface area contributed by atoms with Gasteiger partial charge in [0.15, 0.2) is 0 Å². The van der Waals surface area contributed by atoms with E-state index in [9.17, 15) is 4.79 Å². The van der Waals surface area contributed by atoms with Crippen LogP contribution >= 0.6 is 0 Å². The molecule has 0 amide bonds. The summed E-state index contributed by atoms with van der Waals surface area (Å²) in [5, 5.41) is 0. The highest BCUT2D eigenvalue weighted by atomic mass is 16.6. The number of carbonyl (C=O) groups is 1. The molecule has 0 aliphatic carbocycles. The van der Waals surface area contributed by atoms with Gasteiger partial charge >= 0.3 is 5.97 Å². The van der Waals surface area contributed by atoms with Crippen LogP contribution in [0, 0.1) is 5.41 Å². The smallest absolute Gasteiger partial charge is 0.311 e. The molecule has 0 saturated carbocycles. The number of ether oxygens (including phenoxy) is 2. The predicted molar refractivity (Wildman–Crippen MR) is 78.3 cm³/mol. The monoisotopic (exact) mass is 266 g/mol. The number of carbonyl (C=O) groups excluding carboxylic acids is 1. The minimum atomic E-state index is -0.410. The van der Waals surface area contributed by atoms with Crippen LogP contribution in [0.5, 0.6) is 5.75 Å². The third-order valence-corrected chi connectivity index (χ3v) is 2.76. The zero-order chi connectivity index (χ0) is 14.7. The van der Waals surface area contributed by atoms with Gasteiger partial charge in [0.05, 0.1) is 5.41 Å². The minimum absolute atomic E-state index is 0.170. The highest BCUT2D eigenvalue weighted by Gasteiger charge is 2.26. The molecule has 0 N–H and O–H groups in total. The lowest BCUT2D eigenvalue weighted by atomic mass is 9.91. The van der Waals surface area contributed by atoms with Crippen LogP contribution in [-0.4, -0.2) is 19.2 Å². The lowest BCUT2D eigenvalue weighted by Crippen LogP contribution is -2.27. The molecule has 0 bridgehead atoms. The SMILES string of the molecule is CC.CCC(C)(C)C(=O)OCCOc1ccccc1. The Bertz CT molecular complexity index is 344. The van der Waals surface area contributed by atoms with E-state index in [-0.39, 0.29) is 12.6 Å². The standard InChI is InChI=1S/C14H20O3.C2H6/c1-4-14(2,3)13(15)17-11-10-16-12-8-6-5-7-9-12;1-2/h5-9H,4,10-11H2,1-3H3;1-2H3. The highest BCUT2D eigenvalue weighted by Crippen LogP contribution is 2.21. The molecule has 0 aromatic heterocycles. The molecule has 0 aliphatic rings. The topological polar surface area (TPSA) is 35.5 Å². The molecule has 1 aromatic carbocycles. The third kappa shape index (κ3) is 6.85.